The molecule has 0 atom stereocenters. The number of nitrogens with zero attached hydrogens (tertiary/aromatic N) is 3. The molecule has 0 aliphatic heterocycles. The summed E-state index contributed by atoms with van der Waals surface area (Å²) in [4.78, 5) is 8.08. The minimum absolute atomic E-state index is 0.171. The van der Waals surface area contributed by atoms with Crippen LogP contribution in [0, 0.1) is 11.3 Å². The Morgan fingerprint density at radius 3 is 2.57 bits per heavy atom. The van der Waals surface area contributed by atoms with E-state index < -0.39 is 0 Å². The maximum absolute atomic E-state index is 8.56. The third-order valence-electron chi connectivity index (χ3n) is 1.73. The minimum atomic E-state index is 0.171. The Morgan fingerprint density at radius 2 is 2.07 bits per heavy atom. The SMILES string of the molecule is CCc1nc(OC)nc(CC#N)c1Cl. The van der Waals surface area contributed by atoms with Crippen molar-refractivity contribution in [2.45, 2.75) is 19.8 Å². The third-order valence-corrected chi connectivity index (χ3v) is 2.17. The summed E-state index contributed by atoms with van der Waals surface area (Å²) in [7, 11) is 1.48. The van der Waals surface area contributed by atoms with Crippen molar-refractivity contribution in [1.29, 1.82) is 5.26 Å². The topological polar surface area (TPSA) is 58.8 Å². The largest absolute Gasteiger partial charge is 0.467 e. The highest BCUT2D eigenvalue weighted by atomic mass is 35.5. The summed E-state index contributed by atoms with van der Waals surface area (Å²) in [5.41, 5.74) is 1.24. The van der Waals surface area contributed by atoms with Crippen molar-refractivity contribution >= 4 is 11.6 Å². The van der Waals surface area contributed by atoms with E-state index in [4.69, 9.17) is 21.6 Å². The van der Waals surface area contributed by atoms with Gasteiger partial charge in [0.05, 0.1) is 36.0 Å². The molecule has 74 valence electrons. The average molecular weight is 212 g/mol. The molecule has 0 aliphatic carbocycles. The Morgan fingerprint density at radius 1 is 1.43 bits per heavy atom. The lowest BCUT2D eigenvalue weighted by Gasteiger charge is -2.06. The molecule has 5 heteroatoms. The highest BCUT2D eigenvalue weighted by Crippen LogP contribution is 2.21. The second-order valence-electron chi connectivity index (χ2n) is 2.61. The first kappa shape index (κ1) is 10.7. The van der Waals surface area contributed by atoms with Crippen molar-refractivity contribution in [2.75, 3.05) is 7.11 Å². The van der Waals surface area contributed by atoms with E-state index in [1.807, 2.05) is 13.0 Å². The number of aromatic nitrogens is 2. The highest BCUT2D eigenvalue weighted by Gasteiger charge is 2.11. The van der Waals surface area contributed by atoms with Gasteiger partial charge in [0.25, 0.3) is 0 Å². The molecule has 0 bridgehead atoms. The van der Waals surface area contributed by atoms with E-state index in [2.05, 4.69) is 9.97 Å². The maximum atomic E-state index is 8.56. The molecule has 1 aromatic heterocycles. The number of methoxy groups -OCH3 is 1. The van der Waals surface area contributed by atoms with Gasteiger partial charge in [0.2, 0.25) is 0 Å². The van der Waals surface area contributed by atoms with Crippen LogP contribution in [0.4, 0.5) is 0 Å². The lowest BCUT2D eigenvalue weighted by molar-refractivity contribution is 0.376. The van der Waals surface area contributed by atoms with E-state index in [9.17, 15) is 0 Å². The van der Waals surface area contributed by atoms with E-state index >= 15 is 0 Å². The summed E-state index contributed by atoms with van der Waals surface area (Å²) in [5.74, 6) is 0. The Balaban J connectivity index is 3.21. The first-order valence-electron chi connectivity index (χ1n) is 4.19. The molecule has 0 radical (unpaired) electrons. The van der Waals surface area contributed by atoms with Crippen LogP contribution in [0.1, 0.15) is 18.3 Å². The molecule has 1 aromatic rings. The molecule has 4 nitrogen and oxygen atoms in total. The standard InChI is InChI=1S/C9H10ClN3O/c1-3-6-8(10)7(4-5-11)13-9(12-6)14-2/h3-4H2,1-2H3. The number of ether oxygens (including phenoxy) is 1. The van der Waals surface area contributed by atoms with Crippen molar-refractivity contribution in [2.24, 2.45) is 0 Å². The molecule has 1 rings (SSSR count). The fourth-order valence-corrected chi connectivity index (χ4v) is 1.32. The van der Waals surface area contributed by atoms with Crippen LogP contribution in [0.2, 0.25) is 5.02 Å². The molecule has 0 spiro atoms. The maximum Gasteiger partial charge on any atom is 0.316 e. The lowest BCUT2D eigenvalue weighted by Crippen LogP contribution is -2.02. The molecule has 0 amide bonds. The van der Waals surface area contributed by atoms with Crippen LogP contribution in [-0.2, 0) is 12.8 Å². The summed E-state index contributed by atoms with van der Waals surface area (Å²) < 4.78 is 4.91. The Bertz CT molecular complexity index is 373. The van der Waals surface area contributed by atoms with Crippen LogP contribution < -0.4 is 4.74 Å². The number of halogens is 1. The molecule has 0 aromatic carbocycles. The van der Waals surface area contributed by atoms with Gasteiger partial charge in [-0.15, -0.1) is 0 Å². The van der Waals surface area contributed by atoms with Gasteiger partial charge >= 0.3 is 6.01 Å². The van der Waals surface area contributed by atoms with Gasteiger partial charge in [-0.3, -0.25) is 0 Å². The molecule has 14 heavy (non-hydrogen) atoms. The number of aryl methyl sites for hydroxylation is 1. The van der Waals surface area contributed by atoms with Crippen LogP contribution in [0.5, 0.6) is 6.01 Å². The van der Waals surface area contributed by atoms with Gasteiger partial charge in [-0.1, -0.05) is 18.5 Å². The number of hydrogen-bond donors (Lipinski definition) is 0. The summed E-state index contributed by atoms with van der Waals surface area (Å²) in [6.45, 7) is 1.93. The lowest BCUT2D eigenvalue weighted by atomic mass is 10.2. The normalized spacial score (nSPS) is 9.57. The van der Waals surface area contributed by atoms with Crippen LogP contribution in [-0.4, -0.2) is 17.1 Å². The second-order valence-corrected chi connectivity index (χ2v) is 2.98. The van der Waals surface area contributed by atoms with E-state index in [1.165, 1.54) is 7.11 Å². The number of rotatable bonds is 3. The molecule has 1 heterocycles. The van der Waals surface area contributed by atoms with Crippen molar-refractivity contribution < 1.29 is 4.74 Å². The van der Waals surface area contributed by atoms with Gasteiger partial charge in [0.1, 0.15) is 0 Å². The van der Waals surface area contributed by atoms with Crippen LogP contribution in [0.15, 0.2) is 0 Å². The van der Waals surface area contributed by atoms with Crippen molar-refractivity contribution in [3.8, 4) is 12.1 Å². The smallest absolute Gasteiger partial charge is 0.316 e. The average Bonchev–Trinajstić information content (AvgIpc) is 2.21. The first-order valence-corrected chi connectivity index (χ1v) is 4.57. The molecular weight excluding hydrogens is 202 g/mol. The van der Waals surface area contributed by atoms with Crippen molar-refractivity contribution in [3.63, 3.8) is 0 Å². The monoisotopic (exact) mass is 211 g/mol. The van der Waals surface area contributed by atoms with Crippen LogP contribution in [0.25, 0.3) is 0 Å². The Labute approximate surface area is 87.5 Å². The Hall–Kier alpha value is -1.34. The molecule has 0 unspecified atom stereocenters. The summed E-state index contributed by atoms with van der Waals surface area (Å²) in [5, 5.41) is 9.03. The Kier molecular flexibility index (Phi) is 3.66. The zero-order valence-corrected chi connectivity index (χ0v) is 8.80. The van der Waals surface area contributed by atoms with Gasteiger partial charge in [0, 0.05) is 0 Å². The number of nitriles is 1. The molecule has 0 saturated heterocycles. The van der Waals surface area contributed by atoms with E-state index in [1.54, 1.807) is 0 Å². The molecular formula is C9H10ClN3O. The van der Waals surface area contributed by atoms with Gasteiger partial charge in [-0.2, -0.15) is 15.2 Å². The predicted molar refractivity (Wildman–Crippen MR) is 52.3 cm³/mol. The summed E-state index contributed by atoms with van der Waals surface area (Å²) >= 11 is 5.98. The molecule has 0 fully saturated rings. The fraction of sp³-hybridized carbons (Fsp3) is 0.444. The molecule has 0 N–H and O–H groups in total. The summed E-state index contributed by atoms with van der Waals surface area (Å²) in [6, 6.07) is 2.26. The van der Waals surface area contributed by atoms with Crippen LogP contribution >= 0.6 is 11.6 Å². The zero-order chi connectivity index (χ0) is 10.6. The second kappa shape index (κ2) is 4.77. The van der Waals surface area contributed by atoms with Gasteiger partial charge in [-0.25, -0.2) is 0 Å². The quantitative estimate of drug-likeness (QED) is 0.765. The summed E-state index contributed by atoms with van der Waals surface area (Å²) in [6.07, 6.45) is 0.862. The van der Waals surface area contributed by atoms with Crippen molar-refractivity contribution in [1.82, 2.24) is 9.97 Å². The molecule has 0 saturated carbocycles. The van der Waals surface area contributed by atoms with E-state index in [0.717, 1.165) is 0 Å². The van der Waals surface area contributed by atoms with Crippen LogP contribution in [0.3, 0.4) is 0 Å². The zero-order valence-electron chi connectivity index (χ0n) is 8.04. The van der Waals surface area contributed by atoms with Gasteiger partial charge < -0.3 is 4.74 Å². The highest BCUT2D eigenvalue weighted by molar-refractivity contribution is 6.31. The predicted octanol–water partition coefficient (Wildman–Crippen LogP) is 1.77. The number of hydrogen-bond acceptors (Lipinski definition) is 4. The van der Waals surface area contributed by atoms with Gasteiger partial charge in [0.15, 0.2) is 0 Å². The minimum Gasteiger partial charge on any atom is -0.467 e. The van der Waals surface area contributed by atoms with E-state index in [0.29, 0.717) is 22.8 Å². The molecule has 0 aliphatic rings. The third kappa shape index (κ3) is 2.12. The van der Waals surface area contributed by atoms with E-state index in [-0.39, 0.29) is 12.4 Å². The van der Waals surface area contributed by atoms with Crippen molar-refractivity contribution in [3.05, 3.63) is 16.4 Å². The fourth-order valence-electron chi connectivity index (χ4n) is 1.04. The first-order chi connectivity index (χ1) is 6.72. The van der Waals surface area contributed by atoms with Gasteiger partial charge in [-0.05, 0) is 6.42 Å².